The van der Waals surface area contributed by atoms with Gasteiger partial charge in [0.15, 0.2) is 0 Å². The van der Waals surface area contributed by atoms with E-state index in [1.807, 2.05) is 23.6 Å². The van der Waals surface area contributed by atoms with Crippen LogP contribution in [0.3, 0.4) is 0 Å². The van der Waals surface area contributed by atoms with E-state index in [1.54, 1.807) is 24.5 Å². The molecule has 1 atom stereocenters. The van der Waals surface area contributed by atoms with Gasteiger partial charge in [-0.05, 0) is 30.2 Å². The molecule has 2 N–H and O–H groups in total. The summed E-state index contributed by atoms with van der Waals surface area (Å²) in [4.78, 5) is 1.10. The maximum absolute atomic E-state index is 6.16. The van der Waals surface area contributed by atoms with Crippen LogP contribution in [0.2, 0.25) is 10.0 Å². The number of benzene rings is 1. The quantitative estimate of drug-likeness (QED) is 0.913. The zero-order valence-corrected chi connectivity index (χ0v) is 12.1. The molecule has 0 bridgehead atoms. The van der Waals surface area contributed by atoms with E-state index in [-0.39, 0.29) is 6.04 Å². The normalized spacial score (nSPS) is 12.4. The largest absolute Gasteiger partial charge is 0.496 e. The zero-order valence-electron chi connectivity index (χ0n) is 9.82. The van der Waals surface area contributed by atoms with Crippen LogP contribution >= 0.6 is 34.5 Å². The van der Waals surface area contributed by atoms with Gasteiger partial charge >= 0.3 is 0 Å². The lowest BCUT2D eigenvalue weighted by atomic mass is 10.1. The second-order valence-electron chi connectivity index (χ2n) is 3.95. The summed E-state index contributed by atoms with van der Waals surface area (Å²) in [5, 5.41) is 3.07. The van der Waals surface area contributed by atoms with Crippen molar-refractivity contribution in [3.63, 3.8) is 0 Å². The molecule has 2 aromatic rings. The summed E-state index contributed by atoms with van der Waals surface area (Å²) >= 11 is 13.5. The third-order valence-electron chi connectivity index (χ3n) is 2.64. The maximum Gasteiger partial charge on any atom is 0.129 e. The Hall–Kier alpha value is -0.740. The number of hydrogen-bond acceptors (Lipinski definition) is 3. The van der Waals surface area contributed by atoms with Crippen LogP contribution in [-0.4, -0.2) is 7.11 Å². The highest BCUT2D eigenvalue weighted by Gasteiger charge is 2.11. The Morgan fingerprint density at radius 1 is 1.28 bits per heavy atom. The minimum atomic E-state index is -0.0591. The lowest BCUT2D eigenvalue weighted by Crippen LogP contribution is -2.11. The second kappa shape index (κ2) is 5.93. The minimum absolute atomic E-state index is 0.0591. The Bertz CT molecular complexity index is 542. The van der Waals surface area contributed by atoms with Crippen LogP contribution in [0.15, 0.2) is 29.6 Å². The molecule has 0 aliphatic rings. The lowest BCUT2D eigenvalue weighted by Gasteiger charge is -2.10. The third-order valence-corrected chi connectivity index (χ3v) is 4.42. The maximum atomic E-state index is 6.16. The van der Waals surface area contributed by atoms with Crippen LogP contribution < -0.4 is 10.5 Å². The first kappa shape index (κ1) is 13.7. The van der Waals surface area contributed by atoms with Crippen LogP contribution in [0.25, 0.3) is 0 Å². The molecule has 1 aromatic carbocycles. The Morgan fingerprint density at radius 3 is 2.67 bits per heavy atom. The second-order valence-corrected chi connectivity index (χ2v) is 5.71. The molecule has 0 radical (unpaired) electrons. The van der Waals surface area contributed by atoms with Crippen LogP contribution in [0.5, 0.6) is 5.75 Å². The third kappa shape index (κ3) is 3.18. The van der Waals surface area contributed by atoms with Crippen molar-refractivity contribution in [1.29, 1.82) is 0 Å². The van der Waals surface area contributed by atoms with Crippen molar-refractivity contribution >= 4 is 34.5 Å². The molecule has 0 amide bonds. The smallest absolute Gasteiger partial charge is 0.129 e. The molecule has 2 nitrogen and oxygen atoms in total. The molecule has 0 spiro atoms. The number of halogens is 2. The fourth-order valence-corrected chi connectivity index (χ4v) is 2.84. The Kier molecular flexibility index (Phi) is 4.51. The van der Waals surface area contributed by atoms with Gasteiger partial charge in [-0.3, -0.25) is 0 Å². The standard InChI is InChI=1S/C13H13Cl2NOS/c1-17-9-6-13(18-7-9)12(16)5-8-2-3-10(14)11(15)4-8/h2-4,6-7,12H,5,16H2,1H3. The van der Waals surface area contributed by atoms with E-state index in [0.717, 1.165) is 22.6 Å². The molecule has 2 rings (SSSR count). The number of nitrogens with two attached hydrogens (primary N) is 1. The Morgan fingerprint density at radius 2 is 2.06 bits per heavy atom. The molecule has 1 unspecified atom stereocenters. The van der Waals surface area contributed by atoms with Crippen molar-refractivity contribution in [3.05, 3.63) is 50.1 Å². The molecule has 5 heteroatoms. The summed E-state index contributed by atoms with van der Waals surface area (Å²) in [6.45, 7) is 0. The van der Waals surface area contributed by atoms with E-state index in [0.29, 0.717) is 10.0 Å². The van der Waals surface area contributed by atoms with Crippen LogP contribution in [0.1, 0.15) is 16.5 Å². The lowest BCUT2D eigenvalue weighted by molar-refractivity contribution is 0.416. The summed E-state index contributed by atoms with van der Waals surface area (Å²) in [5.41, 5.74) is 7.24. The number of methoxy groups -OCH3 is 1. The predicted molar refractivity (Wildman–Crippen MR) is 78.0 cm³/mol. The number of thiophene rings is 1. The molecule has 0 fully saturated rings. The van der Waals surface area contributed by atoms with Gasteiger partial charge in [-0.1, -0.05) is 29.3 Å². The number of ether oxygens (including phenoxy) is 1. The van der Waals surface area contributed by atoms with Gasteiger partial charge in [-0.2, -0.15) is 0 Å². The predicted octanol–water partition coefficient (Wildman–Crippen LogP) is 4.31. The highest BCUT2D eigenvalue weighted by Crippen LogP contribution is 2.29. The van der Waals surface area contributed by atoms with Gasteiger partial charge in [0.25, 0.3) is 0 Å². The fourth-order valence-electron chi connectivity index (χ4n) is 1.66. The minimum Gasteiger partial charge on any atom is -0.496 e. The Balaban J connectivity index is 2.10. The Labute approximate surface area is 120 Å². The highest BCUT2D eigenvalue weighted by molar-refractivity contribution is 7.10. The van der Waals surface area contributed by atoms with Crippen molar-refractivity contribution in [1.82, 2.24) is 0 Å². The van der Waals surface area contributed by atoms with Crippen molar-refractivity contribution in [2.75, 3.05) is 7.11 Å². The van der Waals surface area contributed by atoms with Crippen LogP contribution in [-0.2, 0) is 6.42 Å². The summed E-state index contributed by atoms with van der Waals surface area (Å²) < 4.78 is 5.15. The van der Waals surface area contributed by atoms with E-state index in [9.17, 15) is 0 Å². The van der Waals surface area contributed by atoms with E-state index in [1.165, 1.54) is 0 Å². The molecule has 96 valence electrons. The van der Waals surface area contributed by atoms with Crippen molar-refractivity contribution in [2.45, 2.75) is 12.5 Å². The first-order valence-corrected chi connectivity index (χ1v) is 7.05. The molecule has 1 aromatic heterocycles. The average Bonchev–Trinajstić information content (AvgIpc) is 2.82. The topological polar surface area (TPSA) is 35.2 Å². The van der Waals surface area contributed by atoms with Crippen LogP contribution in [0.4, 0.5) is 0 Å². The van der Waals surface area contributed by atoms with E-state index < -0.39 is 0 Å². The first-order valence-electron chi connectivity index (χ1n) is 5.42. The summed E-state index contributed by atoms with van der Waals surface area (Å²) in [6, 6.07) is 7.50. The molecular weight excluding hydrogens is 289 g/mol. The van der Waals surface area contributed by atoms with E-state index in [4.69, 9.17) is 33.7 Å². The molecule has 0 saturated heterocycles. The van der Waals surface area contributed by atoms with Gasteiger partial charge in [0.05, 0.1) is 17.2 Å². The number of hydrogen-bond donors (Lipinski definition) is 1. The molecule has 0 saturated carbocycles. The van der Waals surface area contributed by atoms with Gasteiger partial charge < -0.3 is 10.5 Å². The monoisotopic (exact) mass is 301 g/mol. The van der Waals surface area contributed by atoms with Gasteiger partial charge in [0.1, 0.15) is 5.75 Å². The SMILES string of the molecule is COc1csc(C(N)Cc2ccc(Cl)c(Cl)c2)c1. The van der Waals surface area contributed by atoms with E-state index in [2.05, 4.69) is 0 Å². The van der Waals surface area contributed by atoms with Crippen molar-refractivity contribution in [3.8, 4) is 5.75 Å². The van der Waals surface area contributed by atoms with Gasteiger partial charge in [0.2, 0.25) is 0 Å². The van der Waals surface area contributed by atoms with E-state index >= 15 is 0 Å². The van der Waals surface area contributed by atoms with Crippen molar-refractivity contribution < 1.29 is 4.74 Å². The van der Waals surface area contributed by atoms with Gasteiger partial charge in [-0.25, -0.2) is 0 Å². The summed E-state index contributed by atoms with van der Waals surface area (Å²) in [5.74, 6) is 0.847. The van der Waals surface area contributed by atoms with Gasteiger partial charge in [0, 0.05) is 16.3 Å². The zero-order chi connectivity index (χ0) is 13.1. The van der Waals surface area contributed by atoms with Gasteiger partial charge in [-0.15, -0.1) is 11.3 Å². The summed E-state index contributed by atoms with van der Waals surface area (Å²) in [6.07, 6.45) is 0.723. The molecule has 0 aliphatic heterocycles. The average molecular weight is 302 g/mol. The fraction of sp³-hybridized carbons (Fsp3) is 0.231. The molecule has 0 aliphatic carbocycles. The first-order chi connectivity index (χ1) is 8.60. The molecular formula is C13H13Cl2NOS. The number of rotatable bonds is 4. The van der Waals surface area contributed by atoms with Crippen molar-refractivity contribution in [2.24, 2.45) is 5.73 Å². The van der Waals surface area contributed by atoms with Crippen LogP contribution in [0, 0.1) is 0 Å². The summed E-state index contributed by atoms with van der Waals surface area (Å²) in [7, 11) is 1.65. The highest BCUT2D eigenvalue weighted by atomic mass is 35.5. The molecule has 18 heavy (non-hydrogen) atoms. The molecule has 1 heterocycles.